The van der Waals surface area contributed by atoms with Gasteiger partial charge in [-0.05, 0) is 35.6 Å². The number of nitriles is 1. The van der Waals surface area contributed by atoms with Crippen molar-refractivity contribution in [1.82, 2.24) is 9.55 Å². The first-order valence-electron chi connectivity index (χ1n) is 8.24. The highest BCUT2D eigenvalue weighted by molar-refractivity contribution is 6.29. The molecule has 0 N–H and O–H groups in total. The van der Waals surface area contributed by atoms with Gasteiger partial charge in [0.15, 0.2) is 0 Å². The van der Waals surface area contributed by atoms with Crippen molar-refractivity contribution >= 4 is 17.5 Å². The number of halogens is 1. The number of carbonyl (C=O) groups excluding carboxylic acids is 1. The van der Waals surface area contributed by atoms with E-state index in [-0.39, 0.29) is 11.0 Å². The highest BCUT2D eigenvalue weighted by atomic mass is 35.5. The molecule has 26 heavy (non-hydrogen) atoms. The van der Waals surface area contributed by atoms with Gasteiger partial charge >= 0.3 is 0 Å². The fraction of sp³-hybridized carbons (Fsp3) is 0.300. The second-order valence-corrected chi connectivity index (χ2v) is 7.47. The molecule has 6 heteroatoms. The normalized spacial score (nSPS) is 12.7. The summed E-state index contributed by atoms with van der Waals surface area (Å²) in [6.45, 7) is 6.63. The average Bonchev–Trinajstić information content (AvgIpc) is 2.58. The van der Waals surface area contributed by atoms with Crippen molar-refractivity contribution in [2.45, 2.75) is 33.7 Å². The molecule has 134 valence electrons. The first-order chi connectivity index (χ1) is 12.3. The molecular weight excluding hydrogens is 348 g/mol. The van der Waals surface area contributed by atoms with Crippen LogP contribution in [0.2, 0.25) is 5.15 Å². The van der Waals surface area contributed by atoms with Gasteiger partial charge in [0.1, 0.15) is 22.3 Å². The molecule has 0 aliphatic carbocycles. The number of amides is 1. The Hall–Kier alpha value is -2.71. The van der Waals surface area contributed by atoms with Crippen molar-refractivity contribution in [2.75, 3.05) is 0 Å². The Morgan fingerprint density at radius 2 is 2.12 bits per heavy atom. The second-order valence-electron chi connectivity index (χ2n) is 7.09. The maximum atomic E-state index is 12.4. The number of hydrogen-bond acceptors (Lipinski definition) is 3. The number of hydrogen-bond donors (Lipinski definition) is 0. The van der Waals surface area contributed by atoms with Gasteiger partial charge < -0.3 is 4.57 Å². The predicted molar refractivity (Wildman–Crippen MR) is 101 cm³/mol. The number of pyridine rings is 2. The lowest BCUT2D eigenvalue weighted by atomic mass is 9.91. The van der Waals surface area contributed by atoms with E-state index in [4.69, 9.17) is 11.6 Å². The lowest BCUT2D eigenvalue weighted by Crippen LogP contribution is -2.22. The van der Waals surface area contributed by atoms with Gasteiger partial charge in [-0.2, -0.15) is 10.3 Å². The summed E-state index contributed by atoms with van der Waals surface area (Å²) in [4.78, 5) is 20.6. The summed E-state index contributed by atoms with van der Waals surface area (Å²) in [6, 6.07) is 10.9. The minimum Gasteiger partial charge on any atom is -0.328 e. The molecule has 0 fully saturated rings. The van der Waals surface area contributed by atoms with Crippen LogP contribution < -0.4 is 5.49 Å². The van der Waals surface area contributed by atoms with Crippen LogP contribution in [0.4, 0.5) is 0 Å². The fourth-order valence-corrected chi connectivity index (χ4v) is 2.26. The van der Waals surface area contributed by atoms with Crippen LogP contribution in [0, 0.1) is 16.7 Å². The molecule has 2 heterocycles. The molecule has 0 aliphatic heterocycles. The molecule has 2 aromatic heterocycles. The van der Waals surface area contributed by atoms with Gasteiger partial charge in [-0.25, -0.2) is 4.98 Å². The van der Waals surface area contributed by atoms with E-state index < -0.39 is 5.91 Å². The maximum absolute atomic E-state index is 12.4. The minimum absolute atomic E-state index is 0.00335. The largest absolute Gasteiger partial charge is 0.328 e. The van der Waals surface area contributed by atoms with E-state index >= 15 is 0 Å². The molecular formula is C20H21ClN4O. The summed E-state index contributed by atoms with van der Waals surface area (Å²) in [5.74, 6) is -0.536. The Morgan fingerprint density at radius 3 is 2.73 bits per heavy atom. The van der Waals surface area contributed by atoms with E-state index in [9.17, 15) is 10.1 Å². The molecule has 2 aromatic rings. The van der Waals surface area contributed by atoms with Crippen LogP contribution in [0.1, 0.15) is 32.8 Å². The number of nitrogens with zero attached hydrogens (tertiary/aromatic N) is 4. The number of rotatable bonds is 4. The Labute approximate surface area is 158 Å². The monoisotopic (exact) mass is 368 g/mol. The van der Waals surface area contributed by atoms with Crippen LogP contribution in [-0.2, 0) is 11.3 Å². The van der Waals surface area contributed by atoms with Crippen molar-refractivity contribution in [2.24, 2.45) is 10.4 Å². The topological polar surface area (TPSA) is 71.0 Å². The fourth-order valence-electron chi connectivity index (χ4n) is 2.15. The molecule has 0 bridgehead atoms. The highest BCUT2D eigenvalue weighted by Gasteiger charge is 2.12. The minimum atomic E-state index is -0.536. The summed E-state index contributed by atoms with van der Waals surface area (Å²) in [6.07, 6.45) is 5.79. The molecule has 0 saturated carbocycles. The van der Waals surface area contributed by atoms with E-state index in [1.54, 1.807) is 30.5 Å². The lowest BCUT2D eigenvalue weighted by Gasteiger charge is -2.14. The molecule has 0 spiro atoms. The van der Waals surface area contributed by atoms with Crippen molar-refractivity contribution in [1.29, 1.82) is 5.26 Å². The summed E-state index contributed by atoms with van der Waals surface area (Å²) in [5.41, 5.74) is 1.46. The Morgan fingerprint density at radius 1 is 1.35 bits per heavy atom. The zero-order valence-electron chi connectivity index (χ0n) is 15.1. The average molecular weight is 369 g/mol. The zero-order chi connectivity index (χ0) is 19.2. The molecule has 0 aliphatic rings. The van der Waals surface area contributed by atoms with Crippen LogP contribution in [-0.4, -0.2) is 15.5 Å². The maximum Gasteiger partial charge on any atom is 0.289 e. The van der Waals surface area contributed by atoms with E-state index in [2.05, 4.69) is 9.98 Å². The van der Waals surface area contributed by atoms with Crippen molar-refractivity contribution in [3.63, 3.8) is 0 Å². The SMILES string of the molecule is CC(C)(C)C/C=C(\C#N)C(=O)/N=c1\ccccn1Cc1ccc(Cl)nc1. The molecule has 5 nitrogen and oxygen atoms in total. The van der Waals surface area contributed by atoms with E-state index in [0.29, 0.717) is 23.6 Å². The molecule has 2 rings (SSSR count). The molecule has 0 radical (unpaired) electrons. The zero-order valence-corrected chi connectivity index (χ0v) is 15.9. The molecule has 0 aromatic carbocycles. The quantitative estimate of drug-likeness (QED) is 0.466. The predicted octanol–water partition coefficient (Wildman–Crippen LogP) is 3.90. The molecule has 0 atom stereocenters. The third kappa shape index (κ3) is 5.98. The summed E-state index contributed by atoms with van der Waals surface area (Å²) in [5, 5.41) is 9.70. The van der Waals surface area contributed by atoms with Gasteiger partial charge in [0.05, 0.1) is 6.54 Å². The Kier molecular flexibility index (Phi) is 6.48. The third-order valence-electron chi connectivity index (χ3n) is 3.54. The number of carbonyl (C=O) groups is 1. The second kappa shape index (κ2) is 8.59. The summed E-state index contributed by atoms with van der Waals surface area (Å²) >= 11 is 5.81. The van der Waals surface area contributed by atoms with E-state index in [1.165, 1.54) is 0 Å². The first-order valence-corrected chi connectivity index (χ1v) is 8.61. The van der Waals surface area contributed by atoms with Crippen LogP contribution in [0.5, 0.6) is 0 Å². The van der Waals surface area contributed by atoms with E-state index in [0.717, 1.165) is 5.56 Å². The number of aromatic nitrogens is 2. The Balaban J connectivity index is 2.31. The third-order valence-corrected chi connectivity index (χ3v) is 3.77. The van der Waals surface area contributed by atoms with E-state index in [1.807, 2.05) is 49.7 Å². The van der Waals surface area contributed by atoms with Crippen LogP contribution >= 0.6 is 11.6 Å². The van der Waals surface area contributed by atoms with Gasteiger partial charge in [0, 0.05) is 12.4 Å². The number of allylic oxidation sites excluding steroid dienone is 1. The smallest absolute Gasteiger partial charge is 0.289 e. The van der Waals surface area contributed by atoms with Crippen LogP contribution in [0.15, 0.2) is 59.4 Å². The molecule has 0 unspecified atom stereocenters. The first kappa shape index (κ1) is 19.6. The van der Waals surface area contributed by atoms with Crippen molar-refractivity contribution < 1.29 is 4.79 Å². The highest BCUT2D eigenvalue weighted by Crippen LogP contribution is 2.20. The van der Waals surface area contributed by atoms with Gasteiger partial charge in [-0.3, -0.25) is 4.79 Å². The lowest BCUT2D eigenvalue weighted by molar-refractivity contribution is -0.114. The van der Waals surface area contributed by atoms with Crippen molar-refractivity contribution in [3.8, 4) is 6.07 Å². The summed E-state index contributed by atoms with van der Waals surface area (Å²) in [7, 11) is 0. The van der Waals surface area contributed by atoms with Gasteiger partial charge in [-0.1, -0.05) is 50.6 Å². The van der Waals surface area contributed by atoms with Gasteiger partial charge in [0.2, 0.25) is 0 Å². The summed E-state index contributed by atoms with van der Waals surface area (Å²) < 4.78 is 1.82. The molecule has 0 saturated heterocycles. The molecule has 1 amide bonds. The van der Waals surface area contributed by atoms with Gasteiger partial charge in [0.25, 0.3) is 5.91 Å². The standard InChI is InChI=1S/C20H21ClN4O/c1-20(2,3)10-9-16(12-22)19(26)24-18-6-4-5-11-25(18)14-15-7-8-17(21)23-13-15/h4-9,11,13H,10,14H2,1-3H3/b16-9+,24-18+. The van der Waals surface area contributed by atoms with Crippen molar-refractivity contribution in [3.05, 3.63) is 70.6 Å². The Bertz CT molecular complexity index is 912. The van der Waals surface area contributed by atoms with Crippen LogP contribution in [0.25, 0.3) is 0 Å². The van der Waals surface area contributed by atoms with Crippen LogP contribution in [0.3, 0.4) is 0 Å². The van der Waals surface area contributed by atoms with Gasteiger partial charge in [-0.15, -0.1) is 0 Å².